The van der Waals surface area contributed by atoms with Crippen molar-refractivity contribution in [2.24, 2.45) is 11.8 Å². The Balaban J connectivity index is 2.35. The van der Waals surface area contributed by atoms with Crippen LogP contribution in [-0.2, 0) is 0 Å². The van der Waals surface area contributed by atoms with Gasteiger partial charge in [-0.05, 0) is 31.1 Å². The average molecular weight is 247 g/mol. The molecule has 3 atom stereocenters. The van der Waals surface area contributed by atoms with Gasteiger partial charge in [-0.1, -0.05) is 55.5 Å². The maximum atomic E-state index is 3.86. The smallest absolute Gasteiger partial charge is 0.0174 e. The number of halogens is 1. The lowest BCUT2D eigenvalue weighted by molar-refractivity contribution is 0.359. The molecule has 1 aliphatic carbocycles. The highest BCUT2D eigenvalue weighted by atomic mass is 79.9. The third kappa shape index (κ3) is 4.01. The van der Waals surface area contributed by atoms with E-state index in [0.29, 0.717) is 0 Å². The number of hydrogen-bond donors (Lipinski definition) is 0. The zero-order valence-corrected chi connectivity index (χ0v) is 10.6. The van der Waals surface area contributed by atoms with E-state index in [0.717, 1.165) is 16.7 Å². The molecule has 13 heavy (non-hydrogen) atoms. The molecular formula is C12H23Br. The van der Waals surface area contributed by atoms with Crippen LogP contribution >= 0.6 is 15.9 Å². The first-order valence-corrected chi connectivity index (χ1v) is 6.79. The Morgan fingerprint density at radius 3 is 2.62 bits per heavy atom. The highest BCUT2D eigenvalue weighted by Gasteiger charge is 2.22. The molecule has 0 aromatic heterocycles. The highest BCUT2D eigenvalue weighted by Crippen LogP contribution is 2.33. The number of alkyl halides is 1. The molecule has 0 aromatic carbocycles. The second-order valence-corrected chi connectivity index (χ2v) is 5.84. The highest BCUT2D eigenvalue weighted by molar-refractivity contribution is 9.09. The van der Waals surface area contributed by atoms with Crippen molar-refractivity contribution in [3.05, 3.63) is 0 Å². The molecule has 1 fully saturated rings. The van der Waals surface area contributed by atoms with Crippen LogP contribution in [0.3, 0.4) is 0 Å². The zero-order chi connectivity index (χ0) is 9.68. The van der Waals surface area contributed by atoms with Crippen molar-refractivity contribution in [1.29, 1.82) is 0 Å². The van der Waals surface area contributed by atoms with Crippen molar-refractivity contribution >= 4 is 15.9 Å². The molecule has 0 amide bonds. The molecule has 1 heteroatoms. The standard InChI is InChI=1S/C12H23Br/c1-3-10(2)9-11-7-5-4-6-8-12(11)13/h10-12H,3-9H2,1-2H3. The summed E-state index contributed by atoms with van der Waals surface area (Å²) in [6.07, 6.45) is 10.00. The van der Waals surface area contributed by atoms with E-state index in [4.69, 9.17) is 0 Å². The number of rotatable bonds is 3. The topological polar surface area (TPSA) is 0 Å². The molecule has 3 unspecified atom stereocenters. The van der Waals surface area contributed by atoms with Crippen LogP contribution < -0.4 is 0 Å². The summed E-state index contributed by atoms with van der Waals surface area (Å²) in [5, 5.41) is 0. The van der Waals surface area contributed by atoms with E-state index in [1.165, 1.54) is 44.9 Å². The predicted octanol–water partition coefficient (Wildman–Crippen LogP) is 4.77. The summed E-state index contributed by atoms with van der Waals surface area (Å²) in [5.74, 6) is 1.88. The fourth-order valence-electron chi connectivity index (χ4n) is 2.29. The molecule has 0 radical (unpaired) electrons. The Kier molecular flexibility index (Phi) is 5.38. The maximum absolute atomic E-state index is 3.86. The normalized spacial score (nSPS) is 32.5. The molecular weight excluding hydrogens is 224 g/mol. The van der Waals surface area contributed by atoms with Crippen molar-refractivity contribution in [2.75, 3.05) is 0 Å². The van der Waals surface area contributed by atoms with Crippen molar-refractivity contribution in [3.8, 4) is 0 Å². The maximum Gasteiger partial charge on any atom is 0.0174 e. The van der Waals surface area contributed by atoms with Crippen LogP contribution in [0.15, 0.2) is 0 Å². The molecule has 0 saturated heterocycles. The summed E-state index contributed by atoms with van der Waals surface area (Å²) >= 11 is 3.86. The van der Waals surface area contributed by atoms with E-state index in [9.17, 15) is 0 Å². The van der Waals surface area contributed by atoms with Crippen molar-refractivity contribution in [1.82, 2.24) is 0 Å². The van der Waals surface area contributed by atoms with Crippen LogP contribution in [0.1, 0.15) is 58.8 Å². The monoisotopic (exact) mass is 246 g/mol. The predicted molar refractivity (Wildman–Crippen MR) is 63.4 cm³/mol. The molecule has 0 bridgehead atoms. The fraction of sp³-hybridized carbons (Fsp3) is 1.00. The van der Waals surface area contributed by atoms with E-state index in [1.54, 1.807) is 0 Å². The Hall–Kier alpha value is 0.480. The van der Waals surface area contributed by atoms with Crippen molar-refractivity contribution < 1.29 is 0 Å². The van der Waals surface area contributed by atoms with Gasteiger partial charge in [-0.15, -0.1) is 0 Å². The molecule has 0 aliphatic heterocycles. The van der Waals surface area contributed by atoms with E-state index in [2.05, 4.69) is 29.8 Å². The third-order valence-corrected chi connectivity index (χ3v) is 4.67. The zero-order valence-electron chi connectivity index (χ0n) is 9.06. The Morgan fingerprint density at radius 1 is 1.23 bits per heavy atom. The summed E-state index contributed by atoms with van der Waals surface area (Å²) in [4.78, 5) is 0.809. The van der Waals surface area contributed by atoms with Gasteiger partial charge in [0.1, 0.15) is 0 Å². The van der Waals surface area contributed by atoms with E-state index in [1.807, 2.05) is 0 Å². The molecule has 1 aliphatic rings. The molecule has 0 nitrogen and oxygen atoms in total. The SMILES string of the molecule is CCC(C)CC1CCCCCC1Br. The van der Waals surface area contributed by atoms with Crippen molar-refractivity contribution in [3.63, 3.8) is 0 Å². The van der Waals surface area contributed by atoms with Gasteiger partial charge in [-0.2, -0.15) is 0 Å². The fourth-order valence-corrected chi connectivity index (χ4v) is 3.09. The van der Waals surface area contributed by atoms with E-state index < -0.39 is 0 Å². The largest absolute Gasteiger partial charge is 0.0888 e. The lowest BCUT2D eigenvalue weighted by atomic mass is 9.89. The minimum absolute atomic E-state index is 0.809. The van der Waals surface area contributed by atoms with Gasteiger partial charge in [-0.3, -0.25) is 0 Å². The van der Waals surface area contributed by atoms with Gasteiger partial charge >= 0.3 is 0 Å². The second-order valence-electron chi connectivity index (χ2n) is 4.66. The van der Waals surface area contributed by atoms with Gasteiger partial charge in [0.05, 0.1) is 0 Å². The van der Waals surface area contributed by atoms with Crippen LogP contribution in [-0.4, -0.2) is 4.83 Å². The van der Waals surface area contributed by atoms with E-state index in [-0.39, 0.29) is 0 Å². The molecule has 0 heterocycles. The van der Waals surface area contributed by atoms with Gasteiger partial charge in [0.25, 0.3) is 0 Å². The number of hydrogen-bond acceptors (Lipinski definition) is 0. The lowest BCUT2D eigenvalue weighted by Gasteiger charge is -2.22. The average Bonchev–Trinajstić information content (AvgIpc) is 2.32. The minimum Gasteiger partial charge on any atom is -0.0888 e. The first-order valence-electron chi connectivity index (χ1n) is 5.88. The molecule has 0 aromatic rings. The molecule has 1 rings (SSSR count). The van der Waals surface area contributed by atoms with Gasteiger partial charge in [0.15, 0.2) is 0 Å². The second kappa shape index (κ2) is 6.06. The first kappa shape index (κ1) is 11.6. The molecule has 1 saturated carbocycles. The summed E-state index contributed by atoms with van der Waals surface area (Å²) in [7, 11) is 0. The summed E-state index contributed by atoms with van der Waals surface area (Å²) < 4.78 is 0. The molecule has 0 spiro atoms. The Labute approximate surface area is 91.6 Å². The first-order chi connectivity index (χ1) is 6.24. The van der Waals surface area contributed by atoms with E-state index >= 15 is 0 Å². The summed E-state index contributed by atoms with van der Waals surface area (Å²) in [6, 6.07) is 0. The van der Waals surface area contributed by atoms with Gasteiger partial charge in [0.2, 0.25) is 0 Å². The third-order valence-electron chi connectivity index (χ3n) is 3.47. The Morgan fingerprint density at radius 2 is 1.92 bits per heavy atom. The van der Waals surface area contributed by atoms with Crippen LogP contribution in [0, 0.1) is 11.8 Å². The van der Waals surface area contributed by atoms with Gasteiger partial charge < -0.3 is 0 Å². The minimum atomic E-state index is 0.809. The molecule has 78 valence electrons. The van der Waals surface area contributed by atoms with Gasteiger partial charge in [0, 0.05) is 4.83 Å². The summed E-state index contributed by atoms with van der Waals surface area (Å²) in [5.41, 5.74) is 0. The van der Waals surface area contributed by atoms with Crippen molar-refractivity contribution in [2.45, 2.75) is 63.6 Å². The van der Waals surface area contributed by atoms with Crippen LogP contribution in [0.2, 0.25) is 0 Å². The van der Waals surface area contributed by atoms with Crippen LogP contribution in [0.25, 0.3) is 0 Å². The quantitative estimate of drug-likeness (QED) is 0.498. The van der Waals surface area contributed by atoms with Gasteiger partial charge in [-0.25, -0.2) is 0 Å². The van der Waals surface area contributed by atoms with Crippen LogP contribution in [0.5, 0.6) is 0 Å². The van der Waals surface area contributed by atoms with Crippen LogP contribution in [0.4, 0.5) is 0 Å². The lowest BCUT2D eigenvalue weighted by Crippen LogP contribution is -2.15. The summed E-state index contributed by atoms with van der Waals surface area (Å²) in [6.45, 7) is 4.70. The molecule has 0 N–H and O–H groups in total. The Bertz CT molecular complexity index is 133.